The van der Waals surface area contributed by atoms with E-state index in [0.717, 1.165) is 37.1 Å². The van der Waals surface area contributed by atoms with Crippen LogP contribution < -0.4 is 20.5 Å². The van der Waals surface area contributed by atoms with Gasteiger partial charge in [0.1, 0.15) is 19.0 Å². The molecular formula is C21H30N4O5. The van der Waals surface area contributed by atoms with Crippen LogP contribution in [0.4, 0.5) is 0 Å². The molecule has 1 aliphatic rings. The zero-order valence-corrected chi connectivity index (χ0v) is 17.8. The summed E-state index contributed by atoms with van der Waals surface area (Å²) in [5.74, 6) is 1.70. The number of rotatable bonds is 9. The van der Waals surface area contributed by atoms with Crippen molar-refractivity contribution in [1.29, 1.82) is 0 Å². The van der Waals surface area contributed by atoms with Gasteiger partial charge in [0.15, 0.2) is 11.5 Å². The third-order valence-electron chi connectivity index (χ3n) is 5.19. The molecule has 9 heteroatoms. The second kappa shape index (κ2) is 10.3. The standard InChI is InChI=1S/C21H30N4O5/c1-15(16-8-9-17(18(13-16)29-3)30-12-11-28-2)22-20(26)14-25-21(27)24-10-6-4-5-7-19(24)23-25/h8-9,13,15H,4-7,10-12,14H2,1-3H3,(H,22,26). The molecule has 30 heavy (non-hydrogen) atoms. The minimum absolute atomic E-state index is 0.0987. The van der Waals surface area contributed by atoms with E-state index in [0.29, 0.717) is 31.3 Å². The highest BCUT2D eigenvalue weighted by atomic mass is 16.5. The van der Waals surface area contributed by atoms with E-state index in [2.05, 4.69) is 10.4 Å². The van der Waals surface area contributed by atoms with E-state index in [4.69, 9.17) is 14.2 Å². The first-order valence-electron chi connectivity index (χ1n) is 10.3. The third-order valence-corrected chi connectivity index (χ3v) is 5.19. The molecule has 1 amide bonds. The van der Waals surface area contributed by atoms with Gasteiger partial charge in [0.05, 0.1) is 19.8 Å². The van der Waals surface area contributed by atoms with Gasteiger partial charge in [0.25, 0.3) is 0 Å². The molecule has 2 aromatic rings. The Hall–Kier alpha value is -2.81. The van der Waals surface area contributed by atoms with E-state index >= 15 is 0 Å². The van der Waals surface area contributed by atoms with Crippen LogP contribution in [0.3, 0.4) is 0 Å². The molecule has 0 radical (unpaired) electrons. The first-order chi connectivity index (χ1) is 14.5. The number of nitrogens with one attached hydrogen (secondary N) is 1. The van der Waals surface area contributed by atoms with Gasteiger partial charge in [0.2, 0.25) is 5.91 Å². The number of benzene rings is 1. The summed E-state index contributed by atoms with van der Waals surface area (Å²) in [6.07, 6.45) is 3.86. The topological polar surface area (TPSA) is 96.6 Å². The molecule has 0 saturated heterocycles. The number of hydrogen-bond donors (Lipinski definition) is 1. The number of methoxy groups -OCH3 is 2. The smallest absolute Gasteiger partial charge is 0.346 e. The van der Waals surface area contributed by atoms with Gasteiger partial charge < -0.3 is 19.5 Å². The lowest BCUT2D eigenvalue weighted by molar-refractivity contribution is -0.122. The van der Waals surface area contributed by atoms with Gasteiger partial charge in [-0.05, 0) is 37.5 Å². The van der Waals surface area contributed by atoms with Gasteiger partial charge in [-0.2, -0.15) is 5.10 Å². The molecule has 0 saturated carbocycles. The number of ether oxygens (including phenoxy) is 3. The second-order valence-electron chi connectivity index (χ2n) is 7.36. The number of carbonyl (C=O) groups is 1. The van der Waals surface area contributed by atoms with Crippen molar-refractivity contribution >= 4 is 5.91 Å². The van der Waals surface area contributed by atoms with Crippen molar-refractivity contribution in [3.05, 3.63) is 40.1 Å². The largest absolute Gasteiger partial charge is 0.493 e. The van der Waals surface area contributed by atoms with Crippen LogP contribution in [0.2, 0.25) is 0 Å². The van der Waals surface area contributed by atoms with Crippen LogP contribution in [0.1, 0.15) is 43.6 Å². The molecule has 9 nitrogen and oxygen atoms in total. The zero-order chi connectivity index (χ0) is 21.5. The van der Waals surface area contributed by atoms with E-state index in [1.807, 2.05) is 25.1 Å². The number of fused-ring (bicyclic) bond motifs is 1. The Morgan fingerprint density at radius 2 is 2.03 bits per heavy atom. The third kappa shape index (κ3) is 5.21. The fraction of sp³-hybridized carbons (Fsp3) is 0.571. The van der Waals surface area contributed by atoms with Gasteiger partial charge in [0, 0.05) is 20.1 Å². The highest BCUT2D eigenvalue weighted by Gasteiger charge is 2.19. The summed E-state index contributed by atoms with van der Waals surface area (Å²) >= 11 is 0. The maximum Gasteiger partial charge on any atom is 0.346 e. The van der Waals surface area contributed by atoms with Crippen LogP contribution in [0.25, 0.3) is 0 Å². The van der Waals surface area contributed by atoms with Crippen LogP contribution in [-0.4, -0.2) is 47.7 Å². The molecule has 2 heterocycles. The van der Waals surface area contributed by atoms with Crippen LogP contribution in [0.15, 0.2) is 23.0 Å². The van der Waals surface area contributed by atoms with Crippen molar-refractivity contribution in [3.63, 3.8) is 0 Å². The Kier molecular flexibility index (Phi) is 7.51. The summed E-state index contributed by atoms with van der Waals surface area (Å²) in [7, 11) is 3.18. The maximum atomic E-state index is 12.5. The van der Waals surface area contributed by atoms with Gasteiger partial charge in [-0.15, -0.1) is 0 Å². The summed E-state index contributed by atoms with van der Waals surface area (Å²) in [4.78, 5) is 25.1. The minimum atomic E-state index is -0.268. The predicted molar refractivity (Wildman–Crippen MR) is 111 cm³/mol. The molecule has 1 unspecified atom stereocenters. The van der Waals surface area contributed by atoms with Gasteiger partial charge in [-0.1, -0.05) is 12.5 Å². The molecule has 0 bridgehead atoms. The van der Waals surface area contributed by atoms with Crippen molar-refractivity contribution in [2.24, 2.45) is 0 Å². The molecule has 0 aliphatic carbocycles. The minimum Gasteiger partial charge on any atom is -0.493 e. The van der Waals surface area contributed by atoms with E-state index in [1.165, 1.54) is 4.68 Å². The Balaban J connectivity index is 1.63. The average Bonchev–Trinajstić information content (AvgIpc) is 2.90. The van der Waals surface area contributed by atoms with Crippen molar-refractivity contribution in [2.75, 3.05) is 27.4 Å². The molecule has 1 atom stereocenters. The number of hydrogen-bond acceptors (Lipinski definition) is 6. The lowest BCUT2D eigenvalue weighted by Gasteiger charge is -2.17. The first-order valence-corrected chi connectivity index (χ1v) is 10.3. The number of carbonyl (C=O) groups excluding carboxylic acids is 1. The monoisotopic (exact) mass is 418 g/mol. The predicted octanol–water partition coefficient (Wildman–Crippen LogP) is 1.68. The molecule has 0 fully saturated rings. The normalized spacial score (nSPS) is 14.5. The molecule has 1 aliphatic heterocycles. The number of aromatic nitrogens is 3. The van der Waals surface area contributed by atoms with Gasteiger partial charge >= 0.3 is 5.69 Å². The quantitative estimate of drug-likeness (QED) is 0.623. The van der Waals surface area contributed by atoms with Crippen molar-refractivity contribution in [3.8, 4) is 11.5 Å². The van der Waals surface area contributed by atoms with Crippen LogP contribution >= 0.6 is 0 Å². The Morgan fingerprint density at radius 3 is 2.80 bits per heavy atom. The van der Waals surface area contributed by atoms with Crippen LogP contribution in [0, 0.1) is 0 Å². The summed E-state index contributed by atoms with van der Waals surface area (Å²) < 4.78 is 19.0. The highest BCUT2D eigenvalue weighted by Crippen LogP contribution is 2.30. The van der Waals surface area contributed by atoms with E-state index in [9.17, 15) is 9.59 Å². The fourth-order valence-corrected chi connectivity index (χ4v) is 3.54. The number of aryl methyl sites for hydroxylation is 1. The summed E-state index contributed by atoms with van der Waals surface area (Å²) in [6.45, 7) is 3.35. The Morgan fingerprint density at radius 1 is 1.20 bits per heavy atom. The summed E-state index contributed by atoms with van der Waals surface area (Å²) in [6, 6.07) is 5.25. The highest BCUT2D eigenvalue weighted by molar-refractivity contribution is 5.76. The van der Waals surface area contributed by atoms with Crippen LogP contribution in [0.5, 0.6) is 11.5 Å². The summed E-state index contributed by atoms with van der Waals surface area (Å²) in [5.41, 5.74) is 0.654. The molecule has 1 N–H and O–H groups in total. The van der Waals surface area contributed by atoms with Gasteiger partial charge in [-0.3, -0.25) is 9.36 Å². The number of nitrogens with zero attached hydrogens (tertiary/aromatic N) is 3. The SMILES string of the molecule is COCCOc1ccc(C(C)NC(=O)Cn2nc3n(c2=O)CCCCC3)cc1OC. The van der Waals surface area contributed by atoms with Crippen molar-refractivity contribution in [2.45, 2.75) is 51.7 Å². The second-order valence-corrected chi connectivity index (χ2v) is 7.36. The lowest BCUT2D eigenvalue weighted by atomic mass is 10.1. The molecule has 1 aromatic carbocycles. The molecule has 164 valence electrons. The fourth-order valence-electron chi connectivity index (χ4n) is 3.54. The molecule has 0 spiro atoms. The first kappa shape index (κ1) is 21.9. The molecule has 1 aromatic heterocycles. The van der Waals surface area contributed by atoms with E-state index in [-0.39, 0.29) is 24.2 Å². The Labute approximate surface area is 175 Å². The van der Waals surface area contributed by atoms with Crippen molar-refractivity contribution in [1.82, 2.24) is 19.7 Å². The molecular weight excluding hydrogens is 388 g/mol. The number of amides is 1. The van der Waals surface area contributed by atoms with Gasteiger partial charge in [-0.25, -0.2) is 9.48 Å². The van der Waals surface area contributed by atoms with E-state index in [1.54, 1.807) is 18.8 Å². The average molecular weight is 418 g/mol. The maximum absolute atomic E-state index is 12.5. The van der Waals surface area contributed by atoms with Crippen molar-refractivity contribution < 1.29 is 19.0 Å². The molecule has 3 rings (SSSR count). The summed E-state index contributed by atoms with van der Waals surface area (Å²) in [5, 5.41) is 7.29. The Bertz CT molecular complexity index is 921. The zero-order valence-electron chi connectivity index (χ0n) is 17.8. The lowest BCUT2D eigenvalue weighted by Crippen LogP contribution is -2.35. The van der Waals surface area contributed by atoms with E-state index < -0.39 is 0 Å². The van der Waals surface area contributed by atoms with Crippen LogP contribution in [-0.2, 0) is 29.0 Å².